The second-order valence-electron chi connectivity index (χ2n) is 5.48. The summed E-state index contributed by atoms with van der Waals surface area (Å²) in [4.78, 5) is 20.5. The van der Waals surface area contributed by atoms with E-state index in [0.29, 0.717) is 22.8 Å². The van der Waals surface area contributed by atoms with Gasteiger partial charge in [0.15, 0.2) is 0 Å². The lowest BCUT2D eigenvalue weighted by molar-refractivity contribution is -0.112. The minimum atomic E-state index is -0.603. The van der Waals surface area contributed by atoms with Crippen LogP contribution in [0.2, 0.25) is 0 Å². The van der Waals surface area contributed by atoms with E-state index in [1.54, 1.807) is 55.7 Å². The molecule has 0 radical (unpaired) electrons. The number of dihydropyridines is 1. The standard InChI is InChI=1S/C18H13N3O4/c1-24-11-8-6-10(7-9-11)16-20-18(25-21-16)14-15(22)12-4-2-3-5-13(12)19-17(14)23/h2-9,12,22H,1H3. The molecule has 1 amide bonds. The molecule has 124 valence electrons. The molecule has 1 aliphatic heterocycles. The van der Waals surface area contributed by atoms with Crippen LogP contribution in [-0.4, -0.2) is 34.0 Å². The highest BCUT2D eigenvalue weighted by atomic mass is 16.5. The highest BCUT2D eigenvalue weighted by Crippen LogP contribution is 2.31. The van der Waals surface area contributed by atoms with Crippen molar-refractivity contribution < 1.29 is 19.2 Å². The normalized spacial score (nSPS) is 19.0. The number of carbonyl (C=O) groups excluding carboxylic acids is 1. The maximum absolute atomic E-state index is 12.3. The number of aromatic nitrogens is 2. The summed E-state index contributed by atoms with van der Waals surface area (Å²) >= 11 is 0. The van der Waals surface area contributed by atoms with Crippen LogP contribution in [0.5, 0.6) is 5.75 Å². The smallest absolute Gasteiger partial charge is 0.286 e. The monoisotopic (exact) mass is 335 g/mol. The van der Waals surface area contributed by atoms with Crippen LogP contribution >= 0.6 is 0 Å². The molecule has 4 rings (SSSR count). The summed E-state index contributed by atoms with van der Waals surface area (Å²) in [5.41, 5.74) is 1.12. The Hall–Kier alpha value is -3.48. The molecule has 0 bridgehead atoms. The largest absolute Gasteiger partial charge is 0.510 e. The van der Waals surface area contributed by atoms with Crippen LogP contribution in [0.1, 0.15) is 5.89 Å². The Labute approximate surface area is 142 Å². The van der Waals surface area contributed by atoms with E-state index in [1.165, 1.54) is 0 Å². The van der Waals surface area contributed by atoms with E-state index in [0.717, 1.165) is 0 Å². The summed E-state index contributed by atoms with van der Waals surface area (Å²) in [6.45, 7) is 0. The summed E-state index contributed by atoms with van der Waals surface area (Å²) in [5.74, 6) is -0.267. The number of allylic oxidation sites excluding steroid dienone is 4. The summed E-state index contributed by atoms with van der Waals surface area (Å²) in [7, 11) is 1.58. The molecular formula is C18H13N3O4. The zero-order chi connectivity index (χ0) is 17.4. The molecule has 1 aliphatic carbocycles. The molecule has 2 heterocycles. The molecule has 1 aromatic carbocycles. The molecular weight excluding hydrogens is 322 g/mol. The number of hydrogen-bond donors (Lipinski definition) is 1. The van der Waals surface area contributed by atoms with Crippen LogP contribution in [0.3, 0.4) is 0 Å². The van der Waals surface area contributed by atoms with Crippen molar-refractivity contribution in [3.05, 3.63) is 60.2 Å². The first kappa shape index (κ1) is 15.1. The number of aliphatic imine (C=N–C) groups is 1. The Bertz CT molecular complexity index is 964. The Morgan fingerprint density at radius 3 is 2.76 bits per heavy atom. The number of amides is 1. The van der Waals surface area contributed by atoms with Gasteiger partial charge in [-0.1, -0.05) is 23.4 Å². The minimum absolute atomic E-state index is 0.0564. The Kier molecular flexibility index (Phi) is 3.53. The minimum Gasteiger partial charge on any atom is -0.510 e. The lowest BCUT2D eigenvalue weighted by atomic mass is 9.90. The molecule has 0 fully saturated rings. The Morgan fingerprint density at radius 2 is 2.00 bits per heavy atom. The van der Waals surface area contributed by atoms with Gasteiger partial charge in [-0.25, -0.2) is 4.99 Å². The number of methoxy groups -OCH3 is 1. The Balaban J connectivity index is 1.70. The van der Waals surface area contributed by atoms with Gasteiger partial charge in [0.25, 0.3) is 11.8 Å². The van der Waals surface area contributed by atoms with E-state index in [4.69, 9.17) is 9.26 Å². The van der Waals surface area contributed by atoms with Crippen molar-refractivity contribution in [2.45, 2.75) is 0 Å². The number of rotatable bonds is 3. The first-order chi connectivity index (χ1) is 12.2. The van der Waals surface area contributed by atoms with Gasteiger partial charge < -0.3 is 14.4 Å². The van der Waals surface area contributed by atoms with Crippen molar-refractivity contribution in [1.29, 1.82) is 0 Å². The van der Waals surface area contributed by atoms with E-state index >= 15 is 0 Å². The van der Waals surface area contributed by atoms with Gasteiger partial charge in [-0.05, 0) is 30.3 Å². The lowest BCUT2D eigenvalue weighted by Crippen LogP contribution is -2.24. The quantitative estimate of drug-likeness (QED) is 0.926. The van der Waals surface area contributed by atoms with Gasteiger partial charge in [-0.3, -0.25) is 4.79 Å². The van der Waals surface area contributed by atoms with Gasteiger partial charge in [-0.15, -0.1) is 0 Å². The second-order valence-corrected chi connectivity index (χ2v) is 5.48. The molecule has 0 saturated carbocycles. The number of aliphatic hydroxyl groups excluding tert-OH is 1. The molecule has 1 unspecified atom stereocenters. The molecule has 0 saturated heterocycles. The van der Waals surface area contributed by atoms with E-state index in [2.05, 4.69) is 15.1 Å². The third-order valence-electron chi connectivity index (χ3n) is 3.98. The molecule has 2 aromatic rings. The van der Waals surface area contributed by atoms with Crippen molar-refractivity contribution in [2.24, 2.45) is 10.9 Å². The van der Waals surface area contributed by atoms with Crippen molar-refractivity contribution in [3.8, 4) is 17.1 Å². The fourth-order valence-corrected chi connectivity index (χ4v) is 2.69. The van der Waals surface area contributed by atoms with E-state index in [-0.39, 0.29) is 17.2 Å². The number of carbonyl (C=O) groups is 1. The molecule has 25 heavy (non-hydrogen) atoms. The number of benzene rings is 1. The van der Waals surface area contributed by atoms with Gasteiger partial charge in [0.05, 0.1) is 18.7 Å². The molecule has 1 N–H and O–H groups in total. The molecule has 1 aromatic heterocycles. The highest BCUT2D eigenvalue weighted by molar-refractivity contribution is 6.27. The fraction of sp³-hybridized carbons (Fsp3) is 0.111. The third-order valence-corrected chi connectivity index (χ3v) is 3.98. The van der Waals surface area contributed by atoms with Gasteiger partial charge in [0.1, 0.15) is 17.1 Å². The first-order valence-electron chi connectivity index (χ1n) is 7.57. The van der Waals surface area contributed by atoms with E-state index < -0.39 is 11.8 Å². The average Bonchev–Trinajstić information content (AvgIpc) is 3.11. The van der Waals surface area contributed by atoms with E-state index in [9.17, 15) is 9.90 Å². The highest BCUT2D eigenvalue weighted by Gasteiger charge is 2.34. The van der Waals surface area contributed by atoms with Crippen LogP contribution in [0, 0.1) is 5.92 Å². The van der Waals surface area contributed by atoms with Gasteiger partial charge in [0, 0.05) is 5.56 Å². The molecule has 0 spiro atoms. The van der Waals surface area contributed by atoms with Gasteiger partial charge in [0.2, 0.25) is 5.82 Å². The average molecular weight is 335 g/mol. The number of fused-ring (bicyclic) bond motifs is 1. The zero-order valence-corrected chi connectivity index (χ0v) is 13.2. The van der Waals surface area contributed by atoms with Crippen molar-refractivity contribution >= 4 is 17.2 Å². The summed E-state index contributed by atoms with van der Waals surface area (Å²) in [6.07, 6.45) is 6.98. The van der Waals surface area contributed by atoms with Crippen LogP contribution in [0.4, 0.5) is 0 Å². The number of aliphatic hydroxyl groups is 1. The second kappa shape index (κ2) is 5.86. The van der Waals surface area contributed by atoms with Crippen LogP contribution in [0.15, 0.2) is 63.8 Å². The molecule has 7 heteroatoms. The lowest BCUT2D eigenvalue weighted by Gasteiger charge is -2.20. The first-order valence-corrected chi connectivity index (χ1v) is 7.57. The Morgan fingerprint density at radius 1 is 1.20 bits per heavy atom. The SMILES string of the molecule is COc1ccc(-c2noc(C3=C(O)C4C=CC=CC4=NC3=O)n2)cc1. The number of ether oxygens (including phenoxy) is 1. The van der Waals surface area contributed by atoms with Crippen LogP contribution in [0.25, 0.3) is 17.0 Å². The number of nitrogens with zero attached hydrogens (tertiary/aromatic N) is 3. The van der Waals surface area contributed by atoms with E-state index in [1.807, 2.05) is 0 Å². The zero-order valence-electron chi connectivity index (χ0n) is 13.2. The maximum atomic E-state index is 12.3. The third kappa shape index (κ3) is 2.55. The molecule has 7 nitrogen and oxygen atoms in total. The summed E-state index contributed by atoms with van der Waals surface area (Å²) in [5, 5.41) is 14.4. The molecule has 2 aliphatic rings. The predicted molar refractivity (Wildman–Crippen MR) is 90.0 cm³/mol. The summed E-state index contributed by atoms with van der Waals surface area (Å²) < 4.78 is 10.3. The van der Waals surface area contributed by atoms with Crippen molar-refractivity contribution in [2.75, 3.05) is 7.11 Å². The van der Waals surface area contributed by atoms with Crippen LogP contribution in [-0.2, 0) is 4.79 Å². The molecule has 1 atom stereocenters. The van der Waals surface area contributed by atoms with Crippen molar-refractivity contribution in [3.63, 3.8) is 0 Å². The predicted octanol–water partition coefficient (Wildman–Crippen LogP) is 2.74. The maximum Gasteiger partial charge on any atom is 0.286 e. The van der Waals surface area contributed by atoms with Gasteiger partial charge >= 0.3 is 0 Å². The van der Waals surface area contributed by atoms with Crippen LogP contribution < -0.4 is 4.74 Å². The number of hydrogen-bond acceptors (Lipinski definition) is 6. The van der Waals surface area contributed by atoms with Crippen molar-refractivity contribution in [1.82, 2.24) is 10.1 Å². The topological polar surface area (TPSA) is 97.8 Å². The fourth-order valence-electron chi connectivity index (χ4n) is 2.69. The summed E-state index contributed by atoms with van der Waals surface area (Å²) in [6, 6.07) is 7.08. The van der Waals surface area contributed by atoms with Gasteiger partial charge in [-0.2, -0.15) is 4.98 Å².